The second kappa shape index (κ2) is 18.4. The second-order valence-corrected chi connectivity index (χ2v) is 5.54. The predicted octanol–water partition coefficient (Wildman–Crippen LogP) is 3.79. The molecule has 0 bridgehead atoms. The van der Waals surface area contributed by atoms with Crippen LogP contribution in [-0.4, -0.2) is 57.8 Å². The van der Waals surface area contributed by atoms with Gasteiger partial charge in [0.15, 0.2) is 0 Å². The summed E-state index contributed by atoms with van der Waals surface area (Å²) in [5.74, 6) is 0. The zero-order chi connectivity index (χ0) is 20.1. The molecule has 6 heteroatoms. The van der Waals surface area contributed by atoms with Crippen LogP contribution in [-0.2, 0) is 25.6 Å². The molecule has 1 N–H and O–H groups in total. The van der Waals surface area contributed by atoms with Crippen LogP contribution < -0.4 is 5.32 Å². The largest absolute Gasteiger partial charge is 0.383 e. The van der Waals surface area contributed by atoms with Crippen molar-refractivity contribution in [2.75, 3.05) is 58.1 Å². The number of ether oxygens (including phenoxy) is 4. The van der Waals surface area contributed by atoms with E-state index in [4.69, 9.17) is 18.9 Å². The Bertz CT molecular complexity index is 503. The maximum absolute atomic E-state index is 5.50. The lowest BCUT2D eigenvalue weighted by atomic mass is 10.3. The smallest absolute Gasteiger partial charge is 0.0732 e. The van der Waals surface area contributed by atoms with E-state index in [0.29, 0.717) is 52.9 Å². The molecule has 0 amide bonds. The molecule has 0 radical (unpaired) electrons. The average Bonchev–Trinajstić information content (AvgIpc) is 2.77. The van der Waals surface area contributed by atoms with Crippen molar-refractivity contribution in [1.82, 2.24) is 4.98 Å². The molecule has 1 aromatic heterocycles. The first-order chi connectivity index (χ1) is 13.9. The molecule has 0 saturated heterocycles. The van der Waals surface area contributed by atoms with E-state index in [-0.39, 0.29) is 0 Å². The van der Waals surface area contributed by atoms with Gasteiger partial charge in [-0.15, -0.1) is 0 Å². The standard InChI is InChI=1S/C20H28N2O4.C2H6/c1-2-6-20(7-3-1)22-9-10-23-11-12-24-13-14-25-15-16-26-18-19-5-4-8-21-17-19;1-2/h1-8,17,22H,9-16,18H2;1-2H3. The summed E-state index contributed by atoms with van der Waals surface area (Å²) in [4.78, 5) is 4.04. The van der Waals surface area contributed by atoms with E-state index in [1.807, 2.05) is 56.3 Å². The molecule has 2 rings (SSSR count). The third-order valence-electron chi connectivity index (χ3n) is 3.46. The van der Waals surface area contributed by atoms with Crippen LogP contribution in [0.25, 0.3) is 0 Å². The van der Waals surface area contributed by atoms with Crippen molar-refractivity contribution >= 4 is 5.69 Å². The van der Waals surface area contributed by atoms with E-state index < -0.39 is 0 Å². The van der Waals surface area contributed by atoms with E-state index >= 15 is 0 Å². The maximum Gasteiger partial charge on any atom is 0.0732 e. The third-order valence-corrected chi connectivity index (χ3v) is 3.46. The molecular formula is C22H34N2O4. The Hall–Kier alpha value is -1.99. The van der Waals surface area contributed by atoms with Gasteiger partial charge in [0.05, 0.1) is 52.9 Å². The van der Waals surface area contributed by atoms with Crippen molar-refractivity contribution < 1.29 is 18.9 Å². The summed E-state index contributed by atoms with van der Waals surface area (Å²) in [5, 5.41) is 3.29. The molecule has 0 atom stereocenters. The fourth-order valence-electron chi connectivity index (χ4n) is 2.16. The zero-order valence-electron chi connectivity index (χ0n) is 17.1. The van der Waals surface area contributed by atoms with Gasteiger partial charge in [-0.2, -0.15) is 0 Å². The topological polar surface area (TPSA) is 61.8 Å². The van der Waals surface area contributed by atoms with Crippen molar-refractivity contribution in [3.05, 3.63) is 60.4 Å². The van der Waals surface area contributed by atoms with Gasteiger partial charge in [0.2, 0.25) is 0 Å². The molecule has 0 aliphatic rings. The lowest BCUT2D eigenvalue weighted by Gasteiger charge is -2.08. The first-order valence-corrected chi connectivity index (χ1v) is 9.94. The van der Waals surface area contributed by atoms with Gasteiger partial charge < -0.3 is 24.3 Å². The molecule has 0 saturated carbocycles. The monoisotopic (exact) mass is 390 g/mol. The second-order valence-electron chi connectivity index (χ2n) is 5.54. The number of pyridine rings is 1. The van der Waals surface area contributed by atoms with Crippen molar-refractivity contribution in [3.8, 4) is 0 Å². The molecule has 28 heavy (non-hydrogen) atoms. The highest BCUT2D eigenvalue weighted by atomic mass is 16.6. The summed E-state index contributed by atoms with van der Waals surface area (Å²) in [6.07, 6.45) is 3.55. The van der Waals surface area contributed by atoms with E-state index in [1.54, 1.807) is 12.4 Å². The molecule has 0 unspecified atom stereocenters. The summed E-state index contributed by atoms with van der Waals surface area (Å²) in [5.41, 5.74) is 2.17. The summed E-state index contributed by atoms with van der Waals surface area (Å²) in [6, 6.07) is 14.0. The molecule has 0 aliphatic carbocycles. The number of para-hydroxylation sites is 1. The minimum atomic E-state index is 0.560. The summed E-state index contributed by atoms with van der Waals surface area (Å²) in [7, 11) is 0. The zero-order valence-corrected chi connectivity index (χ0v) is 17.1. The van der Waals surface area contributed by atoms with Gasteiger partial charge in [0.1, 0.15) is 0 Å². The van der Waals surface area contributed by atoms with Crippen molar-refractivity contribution in [1.29, 1.82) is 0 Å². The van der Waals surface area contributed by atoms with Gasteiger partial charge in [0.25, 0.3) is 0 Å². The third kappa shape index (κ3) is 13.2. The molecule has 0 fully saturated rings. The van der Waals surface area contributed by atoms with Crippen LogP contribution in [0.15, 0.2) is 54.9 Å². The Balaban J connectivity index is 0.00000190. The first-order valence-electron chi connectivity index (χ1n) is 9.94. The highest BCUT2D eigenvalue weighted by Crippen LogP contribution is 2.03. The number of aromatic nitrogens is 1. The molecule has 156 valence electrons. The molecular weight excluding hydrogens is 356 g/mol. The van der Waals surface area contributed by atoms with E-state index in [1.165, 1.54) is 0 Å². The number of nitrogens with one attached hydrogen (secondary N) is 1. The van der Waals surface area contributed by atoms with Crippen LogP contribution in [0.5, 0.6) is 0 Å². The number of benzene rings is 1. The lowest BCUT2D eigenvalue weighted by molar-refractivity contribution is -0.00318. The van der Waals surface area contributed by atoms with Gasteiger partial charge in [-0.25, -0.2) is 0 Å². The predicted molar refractivity (Wildman–Crippen MR) is 113 cm³/mol. The fraction of sp³-hybridized carbons (Fsp3) is 0.500. The van der Waals surface area contributed by atoms with Crippen molar-refractivity contribution in [2.45, 2.75) is 20.5 Å². The Labute approximate surface area is 169 Å². The van der Waals surface area contributed by atoms with E-state index in [2.05, 4.69) is 10.3 Å². The van der Waals surface area contributed by atoms with Crippen LogP contribution in [0.4, 0.5) is 5.69 Å². The van der Waals surface area contributed by atoms with Gasteiger partial charge >= 0.3 is 0 Å². The fourth-order valence-corrected chi connectivity index (χ4v) is 2.16. The Morgan fingerprint density at radius 3 is 1.93 bits per heavy atom. The molecule has 1 aromatic carbocycles. The van der Waals surface area contributed by atoms with Crippen LogP contribution >= 0.6 is 0 Å². The highest BCUT2D eigenvalue weighted by molar-refractivity contribution is 5.42. The minimum absolute atomic E-state index is 0.560. The SMILES string of the molecule is CC.c1ccc(NCCOCCOCCOCCOCc2cccnc2)cc1. The van der Waals surface area contributed by atoms with Crippen molar-refractivity contribution in [3.63, 3.8) is 0 Å². The molecule has 6 nitrogen and oxygen atoms in total. The van der Waals surface area contributed by atoms with Crippen LogP contribution in [0, 0.1) is 0 Å². The number of hydrogen-bond donors (Lipinski definition) is 1. The Morgan fingerprint density at radius 2 is 1.32 bits per heavy atom. The van der Waals surface area contributed by atoms with Crippen LogP contribution in [0.2, 0.25) is 0 Å². The Kier molecular flexibility index (Phi) is 15.8. The van der Waals surface area contributed by atoms with Gasteiger partial charge in [-0.05, 0) is 23.8 Å². The van der Waals surface area contributed by atoms with E-state index in [0.717, 1.165) is 17.8 Å². The van der Waals surface area contributed by atoms with E-state index in [9.17, 15) is 0 Å². The van der Waals surface area contributed by atoms with Crippen LogP contribution in [0.3, 0.4) is 0 Å². The summed E-state index contributed by atoms with van der Waals surface area (Å²) in [6.45, 7) is 9.41. The van der Waals surface area contributed by atoms with Gasteiger partial charge in [0, 0.05) is 24.6 Å². The quantitative estimate of drug-likeness (QED) is 0.467. The summed E-state index contributed by atoms with van der Waals surface area (Å²) < 4.78 is 21.9. The Morgan fingerprint density at radius 1 is 0.714 bits per heavy atom. The minimum Gasteiger partial charge on any atom is -0.383 e. The molecule has 0 spiro atoms. The average molecular weight is 391 g/mol. The summed E-state index contributed by atoms with van der Waals surface area (Å²) >= 11 is 0. The number of rotatable bonds is 15. The van der Waals surface area contributed by atoms with Gasteiger partial charge in [-0.1, -0.05) is 38.1 Å². The number of anilines is 1. The maximum atomic E-state index is 5.50. The first kappa shape index (κ1) is 24.0. The molecule has 0 aliphatic heterocycles. The highest BCUT2D eigenvalue weighted by Gasteiger charge is 1.95. The lowest BCUT2D eigenvalue weighted by Crippen LogP contribution is -2.14. The number of nitrogens with zero attached hydrogens (tertiary/aromatic N) is 1. The normalized spacial score (nSPS) is 10.2. The molecule has 1 heterocycles. The van der Waals surface area contributed by atoms with Crippen LogP contribution in [0.1, 0.15) is 19.4 Å². The van der Waals surface area contributed by atoms with Crippen molar-refractivity contribution in [2.24, 2.45) is 0 Å². The molecule has 2 aromatic rings. The number of hydrogen-bond acceptors (Lipinski definition) is 6. The van der Waals surface area contributed by atoms with Gasteiger partial charge in [-0.3, -0.25) is 4.98 Å².